The van der Waals surface area contributed by atoms with Gasteiger partial charge in [0.05, 0.1) is 26.2 Å². The minimum absolute atomic E-state index is 0.0808. The van der Waals surface area contributed by atoms with Crippen LogP contribution in [0.2, 0.25) is 0 Å². The molecule has 0 heterocycles. The number of hydrogen-bond acceptors (Lipinski definition) is 3. The van der Waals surface area contributed by atoms with E-state index in [1.165, 1.54) is 19.2 Å². The molecule has 1 atom stereocenters. The fourth-order valence-corrected chi connectivity index (χ4v) is 1.56. The first-order chi connectivity index (χ1) is 8.60. The number of aliphatic hydroxyl groups excluding tert-OH is 1. The van der Waals surface area contributed by atoms with Crippen molar-refractivity contribution in [3.63, 3.8) is 0 Å². The van der Waals surface area contributed by atoms with E-state index in [-0.39, 0.29) is 30.7 Å². The molecule has 0 aliphatic carbocycles. The minimum Gasteiger partial charge on any atom is -0.494 e. The summed E-state index contributed by atoms with van der Waals surface area (Å²) >= 11 is 0. The smallest absolute Gasteiger partial charge is 0.224 e. The van der Waals surface area contributed by atoms with Crippen LogP contribution in [-0.2, 0) is 11.2 Å². The Hall–Kier alpha value is -1.62. The van der Waals surface area contributed by atoms with Gasteiger partial charge >= 0.3 is 0 Å². The predicted octanol–water partition coefficient (Wildman–Crippen LogP) is 1.26. The van der Waals surface area contributed by atoms with Crippen molar-refractivity contribution in [2.24, 2.45) is 0 Å². The zero-order chi connectivity index (χ0) is 13.5. The highest BCUT2D eigenvalue weighted by Gasteiger charge is 2.11. The SMILES string of the molecule is CC[C@@H](CO)NC(=O)Cc1ccc(OC)c(F)c1. The average Bonchev–Trinajstić information content (AvgIpc) is 2.36. The Kier molecular flexibility index (Phi) is 5.58. The minimum atomic E-state index is -0.489. The molecule has 0 aliphatic heterocycles. The molecule has 4 nitrogen and oxygen atoms in total. The molecule has 0 bridgehead atoms. The first kappa shape index (κ1) is 14.4. The molecule has 0 fully saturated rings. The number of nitrogens with one attached hydrogen (secondary N) is 1. The summed E-state index contributed by atoms with van der Waals surface area (Å²) in [5.41, 5.74) is 0.568. The van der Waals surface area contributed by atoms with E-state index in [0.29, 0.717) is 12.0 Å². The summed E-state index contributed by atoms with van der Waals surface area (Å²) in [6, 6.07) is 4.15. The number of hydrogen-bond donors (Lipinski definition) is 2. The largest absolute Gasteiger partial charge is 0.494 e. The van der Waals surface area contributed by atoms with Crippen LogP contribution in [0, 0.1) is 5.82 Å². The third-order valence-corrected chi connectivity index (χ3v) is 2.66. The van der Waals surface area contributed by atoms with E-state index in [0.717, 1.165) is 0 Å². The zero-order valence-electron chi connectivity index (χ0n) is 10.6. The lowest BCUT2D eigenvalue weighted by Crippen LogP contribution is -2.37. The van der Waals surface area contributed by atoms with Crippen molar-refractivity contribution in [2.75, 3.05) is 13.7 Å². The lowest BCUT2D eigenvalue weighted by atomic mass is 10.1. The van der Waals surface area contributed by atoms with Crippen LogP contribution in [0.3, 0.4) is 0 Å². The molecule has 0 unspecified atom stereocenters. The van der Waals surface area contributed by atoms with Gasteiger partial charge in [0.2, 0.25) is 5.91 Å². The van der Waals surface area contributed by atoms with Crippen LogP contribution in [0.4, 0.5) is 4.39 Å². The lowest BCUT2D eigenvalue weighted by molar-refractivity contribution is -0.121. The molecule has 1 rings (SSSR count). The van der Waals surface area contributed by atoms with Gasteiger partial charge in [-0.25, -0.2) is 4.39 Å². The van der Waals surface area contributed by atoms with Crippen molar-refractivity contribution < 1.29 is 19.0 Å². The fourth-order valence-electron chi connectivity index (χ4n) is 1.56. The van der Waals surface area contributed by atoms with Crippen LogP contribution in [-0.4, -0.2) is 30.8 Å². The molecule has 100 valence electrons. The van der Waals surface area contributed by atoms with Crippen molar-refractivity contribution in [3.05, 3.63) is 29.6 Å². The van der Waals surface area contributed by atoms with Gasteiger partial charge in [-0.2, -0.15) is 0 Å². The van der Waals surface area contributed by atoms with E-state index in [9.17, 15) is 9.18 Å². The van der Waals surface area contributed by atoms with Crippen LogP contribution < -0.4 is 10.1 Å². The molecular formula is C13H18FNO3. The molecule has 1 amide bonds. The van der Waals surface area contributed by atoms with Gasteiger partial charge in [0.15, 0.2) is 11.6 Å². The number of methoxy groups -OCH3 is 1. The average molecular weight is 255 g/mol. The molecule has 5 heteroatoms. The number of ether oxygens (including phenoxy) is 1. The van der Waals surface area contributed by atoms with Gasteiger partial charge in [-0.3, -0.25) is 4.79 Å². The number of carbonyl (C=O) groups is 1. The maximum atomic E-state index is 13.4. The second kappa shape index (κ2) is 6.96. The molecule has 1 aromatic carbocycles. The van der Waals surface area contributed by atoms with E-state index in [4.69, 9.17) is 9.84 Å². The fraction of sp³-hybridized carbons (Fsp3) is 0.462. The van der Waals surface area contributed by atoms with Gasteiger partial charge in [0.25, 0.3) is 0 Å². The van der Waals surface area contributed by atoms with Crippen LogP contribution in [0.1, 0.15) is 18.9 Å². The van der Waals surface area contributed by atoms with E-state index < -0.39 is 5.82 Å². The topological polar surface area (TPSA) is 58.6 Å². The Balaban J connectivity index is 2.62. The molecule has 1 aromatic rings. The summed E-state index contributed by atoms with van der Waals surface area (Å²) in [6.07, 6.45) is 0.733. The summed E-state index contributed by atoms with van der Waals surface area (Å²) in [4.78, 5) is 11.6. The summed E-state index contributed by atoms with van der Waals surface area (Å²) < 4.78 is 18.2. The second-order valence-corrected chi connectivity index (χ2v) is 4.00. The highest BCUT2D eigenvalue weighted by Crippen LogP contribution is 2.17. The van der Waals surface area contributed by atoms with Gasteiger partial charge in [-0.05, 0) is 24.1 Å². The zero-order valence-corrected chi connectivity index (χ0v) is 10.6. The number of benzene rings is 1. The van der Waals surface area contributed by atoms with Crippen LogP contribution in [0.5, 0.6) is 5.75 Å². The molecule has 0 radical (unpaired) electrons. The Morgan fingerprint density at radius 3 is 2.78 bits per heavy atom. The molecule has 0 saturated heterocycles. The summed E-state index contributed by atoms with van der Waals surface area (Å²) in [5.74, 6) is -0.571. The normalized spacial score (nSPS) is 12.0. The van der Waals surface area contributed by atoms with Crippen LogP contribution in [0.15, 0.2) is 18.2 Å². The molecule has 18 heavy (non-hydrogen) atoms. The second-order valence-electron chi connectivity index (χ2n) is 4.00. The monoisotopic (exact) mass is 255 g/mol. The van der Waals surface area contributed by atoms with Crippen LogP contribution >= 0.6 is 0 Å². The van der Waals surface area contributed by atoms with E-state index >= 15 is 0 Å². The Morgan fingerprint density at radius 1 is 1.56 bits per heavy atom. The maximum absolute atomic E-state index is 13.4. The molecular weight excluding hydrogens is 237 g/mol. The quantitative estimate of drug-likeness (QED) is 0.804. The predicted molar refractivity (Wildman–Crippen MR) is 66.0 cm³/mol. The third kappa shape index (κ3) is 4.00. The van der Waals surface area contributed by atoms with E-state index in [1.807, 2.05) is 6.92 Å². The van der Waals surface area contributed by atoms with Crippen molar-refractivity contribution in [3.8, 4) is 5.75 Å². The highest BCUT2D eigenvalue weighted by atomic mass is 19.1. The molecule has 0 aromatic heterocycles. The first-order valence-electron chi connectivity index (χ1n) is 5.83. The molecule has 0 aliphatic rings. The lowest BCUT2D eigenvalue weighted by Gasteiger charge is -2.14. The standard InChI is InChI=1S/C13H18FNO3/c1-3-10(8-16)15-13(17)7-9-4-5-12(18-2)11(14)6-9/h4-6,10,16H,3,7-8H2,1-2H3,(H,15,17)/t10-/m0/s1. The van der Waals surface area contributed by atoms with Gasteiger partial charge in [-0.1, -0.05) is 13.0 Å². The molecule has 0 spiro atoms. The summed E-state index contributed by atoms with van der Waals surface area (Å²) in [6.45, 7) is 1.77. The van der Waals surface area contributed by atoms with E-state index in [1.54, 1.807) is 6.07 Å². The summed E-state index contributed by atoms with van der Waals surface area (Å²) in [5, 5.41) is 11.6. The number of carbonyl (C=O) groups excluding carboxylic acids is 1. The summed E-state index contributed by atoms with van der Waals surface area (Å²) in [7, 11) is 1.39. The number of halogens is 1. The van der Waals surface area contributed by atoms with Crippen molar-refractivity contribution in [2.45, 2.75) is 25.8 Å². The van der Waals surface area contributed by atoms with Crippen molar-refractivity contribution in [1.82, 2.24) is 5.32 Å². The van der Waals surface area contributed by atoms with Gasteiger partial charge in [0, 0.05) is 0 Å². The number of amides is 1. The van der Waals surface area contributed by atoms with Gasteiger partial charge in [-0.15, -0.1) is 0 Å². The van der Waals surface area contributed by atoms with Gasteiger partial charge < -0.3 is 15.2 Å². The maximum Gasteiger partial charge on any atom is 0.224 e. The third-order valence-electron chi connectivity index (χ3n) is 2.66. The van der Waals surface area contributed by atoms with Gasteiger partial charge in [0.1, 0.15) is 0 Å². The first-order valence-corrected chi connectivity index (χ1v) is 5.83. The molecule has 2 N–H and O–H groups in total. The number of aliphatic hydroxyl groups is 1. The molecule has 0 saturated carbocycles. The Labute approximate surface area is 106 Å². The van der Waals surface area contributed by atoms with Crippen LogP contribution in [0.25, 0.3) is 0 Å². The highest BCUT2D eigenvalue weighted by molar-refractivity contribution is 5.78. The van der Waals surface area contributed by atoms with Crippen molar-refractivity contribution >= 4 is 5.91 Å². The number of rotatable bonds is 6. The Morgan fingerprint density at radius 2 is 2.28 bits per heavy atom. The van der Waals surface area contributed by atoms with Crippen molar-refractivity contribution in [1.29, 1.82) is 0 Å². The Bertz CT molecular complexity index is 405. The van der Waals surface area contributed by atoms with E-state index in [2.05, 4.69) is 5.32 Å².